The molecule has 0 saturated carbocycles. The largest absolute Gasteiger partial charge is 0.334 e. The number of hydrogen-bond donors (Lipinski definition) is 0. The molecule has 136 valence electrons. The third-order valence-electron chi connectivity index (χ3n) is 4.73. The molecule has 0 spiro atoms. The van der Waals surface area contributed by atoms with Crippen LogP contribution < -0.4 is 0 Å². The molecule has 0 bridgehead atoms. The van der Waals surface area contributed by atoms with Gasteiger partial charge in [-0.2, -0.15) is 4.52 Å². The van der Waals surface area contributed by atoms with Crippen LogP contribution in [0.3, 0.4) is 0 Å². The fourth-order valence-electron chi connectivity index (χ4n) is 3.37. The summed E-state index contributed by atoms with van der Waals surface area (Å²) in [6, 6.07) is 18.3. The minimum Gasteiger partial charge on any atom is -0.334 e. The maximum absolute atomic E-state index is 12.6. The Kier molecular flexibility index (Phi) is 4.54. The van der Waals surface area contributed by atoms with E-state index in [1.165, 1.54) is 5.56 Å². The molecule has 0 saturated heterocycles. The van der Waals surface area contributed by atoms with Gasteiger partial charge in [-0.1, -0.05) is 48.9 Å². The normalized spacial score (nSPS) is 11.2. The first-order valence-electron chi connectivity index (χ1n) is 9.07. The molecule has 0 aliphatic carbocycles. The highest BCUT2D eigenvalue weighted by molar-refractivity contribution is 5.84. The van der Waals surface area contributed by atoms with Crippen molar-refractivity contribution in [2.75, 3.05) is 0 Å². The minimum atomic E-state index is 0.105. The Morgan fingerprint density at radius 2 is 1.89 bits per heavy atom. The standard InChI is InChI=1S/C21H21N5O/c1-3-20(27)25(13-16-7-5-4-6-8-16)14-18-12-17-11-15(2)9-10-19(17)26-21(18)22-23-24-26/h4-12H,3,13-14H2,1-2H3. The van der Waals surface area contributed by atoms with E-state index in [1.54, 1.807) is 4.52 Å². The Balaban J connectivity index is 1.76. The summed E-state index contributed by atoms with van der Waals surface area (Å²) in [7, 11) is 0. The van der Waals surface area contributed by atoms with Crippen LogP contribution in [0.25, 0.3) is 16.6 Å². The Labute approximate surface area is 157 Å². The predicted octanol–water partition coefficient (Wildman–Crippen LogP) is 3.52. The first-order chi connectivity index (χ1) is 13.2. The van der Waals surface area contributed by atoms with Gasteiger partial charge in [-0.25, -0.2) is 0 Å². The van der Waals surface area contributed by atoms with Crippen LogP contribution in [-0.2, 0) is 17.9 Å². The minimum absolute atomic E-state index is 0.105. The van der Waals surface area contributed by atoms with E-state index in [0.29, 0.717) is 25.2 Å². The second-order valence-electron chi connectivity index (χ2n) is 6.74. The molecule has 0 unspecified atom stereocenters. The van der Waals surface area contributed by atoms with Crippen molar-refractivity contribution in [1.82, 2.24) is 24.9 Å². The second-order valence-corrected chi connectivity index (χ2v) is 6.74. The first-order valence-corrected chi connectivity index (χ1v) is 9.07. The zero-order chi connectivity index (χ0) is 18.8. The van der Waals surface area contributed by atoms with Gasteiger partial charge in [-0.05, 0) is 41.1 Å². The molecule has 0 fully saturated rings. The number of carbonyl (C=O) groups is 1. The molecule has 4 rings (SSSR count). The average Bonchev–Trinajstić information content (AvgIpc) is 3.17. The Morgan fingerprint density at radius 3 is 2.67 bits per heavy atom. The lowest BCUT2D eigenvalue weighted by Crippen LogP contribution is -2.29. The molecule has 0 radical (unpaired) electrons. The van der Waals surface area contributed by atoms with E-state index in [4.69, 9.17) is 0 Å². The highest BCUT2D eigenvalue weighted by Crippen LogP contribution is 2.22. The molecule has 4 aromatic rings. The average molecular weight is 359 g/mol. The van der Waals surface area contributed by atoms with Crippen LogP contribution in [0.2, 0.25) is 0 Å². The summed E-state index contributed by atoms with van der Waals surface area (Å²) in [5.74, 6) is 0.105. The van der Waals surface area contributed by atoms with Crippen LogP contribution in [0.15, 0.2) is 54.6 Å². The number of aryl methyl sites for hydroxylation is 1. The van der Waals surface area contributed by atoms with Crippen LogP contribution in [-0.4, -0.2) is 30.8 Å². The molecule has 27 heavy (non-hydrogen) atoms. The summed E-state index contributed by atoms with van der Waals surface area (Å²) >= 11 is 0. The summed E-state index contributed by atoms with van der Waals surface area (Å²) in [6.45, 7) is 4.98. The number of aromatic nitrogens is 4. The third-order valence-corrected chi connectivity index (χ3v) is 4.73. The maximum atomic E-state index is 12.6. The molecule has 0 aliphatic rings. The quantitative estimate of drug-likeness (QED) is 0.547. The maximum Gasteiger partial charge on any atom is 0.222 e. The first kappa shape index (κ1) is 17.1. The fourth-order valence-corrected chi connectivity index (χ4v) is 3.37. The van der Waals surface area contributed by atoms with Crippen molar-refractivity contribution >= 4 is 22.5 Å². The van der Waals surface area contributed by atoms with E-state index in [9.17, 15) is 4.79 Å². The number of pyridine rings is 1. The van der Waals surface area contributed by atoms with Crippen LogP contribution >= 0.6 is 0 Å². The van der Waals surface area contributed by atoms with Gasteiger partial charge in [0.2, 0.25) is 5.91 Å². The third kappa shape index (κ3) is 3.38. The van der Waals surface area contributed by atoms with Crippen molar-refractivity contribution in [3.8, 4) is 0 Å². The van der Waals surface area contributed by atoms with Crippen molar-refractivity contribution in [2.24, 2.45) is 0 Å². The van der Waals surface area contributed by atoms with Gasteiger partial charge in [-0.3, -0.25) is 4.79 Å². The van der Waals surface area contributed by atoms with Crippen molar-refractivity contribution < 1.29 is 4.79 Å². The lowest BCUT2D eigenvalue weighted by Gasteiger charge is -2.23. The Bertz CT molecular complexity index is 1100. The van der Waals surface area contributed by atoms with Crippen LogP contribution in [0, 0.1) is 6.92 Å². The molecule has 6 nitrogen and oxygen atoms in total. The number of rotatable bonds is 5. The highest BCUT2D eigenvalue weighted by atomic mass is 16.2. The zero-order valence-electron chi connectivity index (χ0n) is 15.5. The monoisotopic (exact) mass is 359 g/mol. The van der Waals surface area contributed by atoms with Gasteiger partial charge < -0.3 is 4.90 Å². The summed E-state index contributed by atoms with van der Waals surface area (Å²) in [4.78, 5) is 14.4. The molecular formula is C21H21N5O. The van der Waals surface area contributed by atoms with E-state index in [2.05, 4.69) is 34.6 Å². The summed E-state index contributed by atoms with van der Waals surface area (Å²) < 4.78 is 1.75. The van der Waals surface area contributed by atoms with Gasteiger partial charge in [0.05, 0.1) is 5.52 Å². The van der Waals surface area contributed by atoms with Gasteiger partial charge in [0.15, 0.2) is 5.65 Å². The van der Waals surface area contributed by atoms with Gasteiger partial charge in [0, 0.05) is 30.5 Å². The van der Waals surface area contributed by atoms with E-state index in [0.717, 1.165) is 22.0 Å². The van der Waals surface area contributed by atoms with Gasteiger partial charge in [-0.15, -0.1) is 5.10 Å². The molecule has 2 heterocycles. The molecule has 0 aliphatic heterocycles. The Hall–Kier alpha value is -3.28. The number of amides is 1. The number of nitrogens with zero attached hydrogens (tertiary/aromatic N) is 5. The number of fused-ring (bicyclic) bond motifs is 3. The molecule has 6 heteroatoms. The van der Waals surface area contributed by atoms with Crippen molar-refractivity contribution in [1.29, 1.82) is 0 Å². The van der Waals surface area contributed by atoms with E-state index >= 15 is 0 Å². The smallest absolute Gasteiger partial charge is 0.222 e. The van der Waals surface area contributed by atoms with Crippen LogP contribution in [0.1, 0.15) is 30.0 Å². The number of carbonyl (C=O) groups excluding carboxylic acids is 1. The lowest BCUT2D eigenvalue weighted by atomic mass is 10.1. The van der Waals surface area contributed by atoms with Crippen LogP contribution in [0.4, 0.5) is 0 Å². The fraction of sp³-hybridized carbons (Fsp3) is 0.238. The molecule has 2 aromatic heterocycles. The molecule has 1 amide bonds. The van der Waals surface area contributed by atoms with Crippen molar-refractivity contribution in [2.45, 2.75) is 33.4 Å². The predicted molar refractivity (Wildman–Crippen MR) is 104 cm³/mol. The van der Waals surface area contributed by atoms with Crippen molar-refractivity contribution in [3.63, 3.8) is 0 Å². The van der Waals surface area contributed by atoms with E-state index in [1.807, 2.05) is 54.3 Å². The molecule has 2 aromatic carbocycles. The highest BCUT2D eigenvalue weighted by Gasteiger charge is 2.17. The SMILES string of the molecule is CCC(=O)N(Cc1ccccc1)Cc1cc2cc(C)ccc2n2nnnc12. The molecule has 0 atom stereocenters. The lowest BCUT2D eigenvalue weighted by molar-refractivity contribution is -0.132. The molecule has 0 N–H and O–H groups in total. The van der Waals surface area contributed by atoms with E-state index < -0.39 is 0 Å². The second kappa shape index (κ2) is 7.15. The topological polar surface area (TPSA) is 63.4 Å². The number of benzene rings is 2. The van der Waals surface area contributed by atoms with E-state index in [-0.39, 0.29) is 5.91 Å². The van der Waals surface area contributed by atoms with Crippen molar-refractivity contribution in [3.05, 3.63) is 71.3 Å². The number of hydrogen-bond acceptors (Lipinski definition) is 4. The van der Waals surface area contributed by atoms with Gasteiger partial charge >= 0.3 is 0 Å². The zero-order valence-corrected chi connectivity index (χ0v) is 15.5. The van der Waals surface area contributed by atoms with Gasteiger partial charge in [0.1, 0.15) is 0 Å². The summed E-state index contributed by atoms with van der Waals surface area (Å²) in [6.07, 6.45) is 0.459. The van der Waals surface area contributed by atoms with Gasteiger partial charge in [0.25, 0.3) is 0 Å². The molecular weight excluding hydrogens is 338 g/mol. The Morgan fingerprint density at radius 1 is 1.07 bits per heavy atom. The summed E-state index contributed by atoms with van der Waals surface area (Å²) in [5.41, 5.74) is 4.86. The van der Waals surface area contributed by atoms with Crippen LogP contribution in [0.5, 0.6) is 0 Å². The summed E-state index contributed by atoms with van der Waals surface area (Å²) in [5, 5.41) is 13.3. The number of tetrazole rings is 1.